The third kappa shape index (κ3) is 4.61. The highest BCUT2D eigenvalue weighted by Crippen LogP contribution is 2.35. The number of hydrogen-bond donors (Lipinski definition) is 2. The molecule has 0 saturated heterocycles. The SMILES string of the molecule is Cc1nc(-c2ccc(NC(=O)C(C)(c3ccc(-c4cnc(N)nc4)cc3)C(C)C)nc2)cs1. The molecule has 1 amide bonds. The molecule has 1 unspecified atom stereocenters. The number of rotatable bonds is 6. The maximum absolute atomic E-state index is 13.4. The summed E-state index contributed by atoms with van der Waals surface area (Å²) < 4.78 is 0. The van der Waals surface area contributed by atoms with Crippen molar-refractivity contribution in [1.29, 1.82) is 0 Å². The average molecular weight is 459 g/mol. The lowest BCUT2D eigenvalue weighted by Crippen LogP contribution is -2.42. The molecule has 0 aliphatic rings. The zero-order valence-corrected chi connectivity index (χ0v) is 19.9. The van der Waals surface area contributed by atoms with Crippen LogP contribution in [0.4, 0.5) is 11.8 Å². The van der Waals surface area contributed by atoms with E-state index in [-0.39, 0.29) is 17.8 Å². The molecule has 33 heavy (non-hydrogen) atoms. The first kappa shape index (κ1) is 22.5. The van der Waals surface area contributed by atoms with Gasteiger partial charge in [0, 0.05) is 35.1 Å². The van der Waals surface area contributed by atoms with Gasteiger partial charge in [-0.05, 0) is 43.0 Å². The van der Waals surface area contributed by atoms with Crippen molar-refractivity contribution in [3.05, 3.63) is 70.9 Å². The summed E-state index contributed by atoms with van der Waals surface area (Å²) in [6, 6.07) is 11.6. The van der Waals surface area contributed by atoms with Crippen molar-refractivity contribution in [3.8, 4) is 22.4 Å². The maximum atomic E-state index is 13.4. The predicted molar refractivity (Wildman–Crippen MR) is 133 cm³/mol. The molecule has 1 aromatic carbocycles. The van der Waals surface area contributed by atoms with Gasteiger partial charge in [-0.25, -0.2) is 19.9 Å². The Morgan fingerprint density at radius 2 is 1.61 bits per heavy atom. The van der Waals surface area contributed by atoms with Crippen LogP contribution in [0.2, 0.25) is 0 Å². The Labute approximate surface area is 197 Å². The number of aryl methyl sites for hydroxylation is 1. The Bertz CT molecular complexity index is 1250. The van der Waals surface area contributed by atoms with E-state index in [0.717, 1.165) is 33.0 Å². The molecule has 3 N–H and O–H groups in total. The summed E-state index contributed by atoms with van der Waals surface area (Å²) in [5.41, 5.74) is 9.39. The molecule has 7 nitrogen and oxygen atoms in total. The first-order valence-corrected chi connectivity index (χ1v) is 11.5. The molecule has 168 valence electrons. The van der Waals surface area contributed by atoms with Gasteiger partial charge in [-0.1, -0.05) is 38.1 Å². The molecule has 0 fully saturated rings. The van der Waals surface area contributed by atoms with E-state index in [1.54, 1.807) is 29.9 Å². The molecule has 0 bridgehead atoms. The van der Waals surface area contributed by atoms with Gasteiger partial charge in [0.15, 0.2) is 0 Å². The second-order valence-corrected chi connectivity index (χ2v) is 9.46. The van der Waals surface area contributed by atoms with Gasteiger partial charge in [0.2, 0.25) is 11.9 Å². The van der Waals surface area contributed by atoms with Crippen molar-refractivity contribution in [3.63, 3.8) is 0 Å². The highest BCUT2D eigenvalue weighted by Gasteiger charge is 2.38. The Morgan fingerprint density at radius 3 is 2.15 bits per heavy atom. The fourth-order valence-corrected chi connectivity index (χ4v) is 4.21. The molecular formula is C25H26N6OS. The number of nitrogens with zero attached hydrogens (tertiary/aromatic N) is 4. The van der Waals surface area contributed by atoms with Gasteiger partial charge in [-0.2, -0.15) is 0 Å². The number of nitrogen functional groups attached to an aromatic ring is 1. The molecule has 4 rings (SSSR count). The lowest BCUT2D eigenvalue weighted by atomic mass is 9.72. The summed E-state index contributed by atoms with van der Waals surface area (Å²) in [5, 5.41) is 6.00. The Morgan fingerprint density at radius 1 is 0.970 bits per heavy atom. The number of thiazole rings is 1. The first-order chi connectivity index (χ1) is 15.8. The minimum atomic E-state index is -0.747. The van der Waals surface area contributed by atoms with Crippen LogP contribution in [-0.4, -0.2) is 25.8 Å². The molecule has 0 aliphatic carbocycles. The lowest BCUT2D eigenvalue weighted by molar-refractivity contribution is -0.122. The van der Waals surface area contributed by atoms with Gasteiger partial charge in [-0.3, -0.25) is 4.79 Å². The van der Waals surface area contributed by atoms with E-state index in [1.807, 2.05) is 69.5 Å². The zero-order valence-electron chi connectivity index (χ0n) is 19.0. The van der Waals surface area contributed by atoms with E-state index >= 15 is 0 Å². The van der Waals surface area contributed by atoms with Gasteiger partial charge in [-0.15, -0.1) is 11.3 Å². The van der Waals surface area contributed by atoms with E-state index in [9.17, 15) is 4.79 Å². The van der Waals surface area contributed by atoms with Crippen molar-refractivity contribution in [2.75, 3.05) is 11.1 Å². The number of carbonyl (C=O) groups is 1. The molecule has 0 radical (unpaired) electrons. The van der Waals surface area contributed by atoms with Crippen LogP contribution in [0, 0.1) is 12.8 Å². The lowest BCUT2D eigenvalue weighted by Gasteiger charge is -2.33. The van der Waals surface area contributed by atoms with Crippen molar-refractivity contribution >= 4 is 29.0 Å². The van der Waals surface area contributed by atoms with Gasteiger partial charge >= 0.3 is 0 Å². The number of nitrogens with two attached hydrogens (primary N) is 1. The monoisotopic (exact) mass is 458 g/mol. The van der Waals surface area contributed by atoms with Crippen LogP contribution in [0.15, 0.2) is 60.4 Å². The second-order valence-electron chi connectivity index (χ2n) is 8.40. The number of benzene rings is 1. The fourth-order valence-electron chi connectivity index (χ4n) is 3.58. The van der Waals surface area contributed by atoms with Crippen molar-refractivity contribution in [1.82, 2.24) is 19.9 Å². The molecule has 8 heteroatoms. The summed E-state index contributed by atoms with van der Waals surface area (Å²) in [4.78, 5) is 30.5. The summed E-state index contributed by atoms with van der Waals surface area (Å²) >= 11 is 1.60. The fraction of sp³-hybridized carbons (Fsp3) is 0.240. The highest BCUT2D eigenvalue weighted by molar-refractivity contribution is 7.09. The molecule has 3 aromatic heterocycles. The van der Waals surface area contributed by atoms with E-state index < -0.39 is 5.41 Å². The Balaban J connectivity index is 1.55. The first-order valence-electron chi connectivity index (χ1n) is 10.7. The van der Waals surface area contributed by atoms with E-state index in [4.69, 9.17) is 5.73 Å². The second kappa shape index (κ2) is 9.07. The molecule has 0 aliphatic heterocycles. The minimum Gasteiger partial charge on any atom is -0.368 e. The topological polar surface area (TPSA) is 107 Å². The van der Waals surface area contributed by atoms with E-state index in [0.29, 0.717) is 5.82 Å². The number of hydrogen-bond acceptors (Lipinski definition) is 7. The van der Waals surface area contributed by atoms with Crippen LogP contribution >= 0.6 is 11.3 Å². The maximum Gasteiger partial charge on any atom is 0.236 e. The average Bonchev–Trinajstić information content (AvgIpc) is 3.25. The number of pyridine rings is 1. The molecular weight excluding hydrogens is 432 g/mol. The zero-order chi connectivity index (χ0) is 23.6. The summed E-state index contributed by atoms with van der Waals surface area (Å²) in [6.45, 7) is 8.02. The molecule has 3 heterocycles. The van der Waals surface area contributed by atoms with Crippen molar-refractivity contribution in [2.24, 2.45) is 5.92 Å². The van der Waals surface area contributed by atoms with Gasteiger partial charge in [0.1, 0.15) is 5.82 Å². The standard InChI is InChI=1S/C25H26N6OS/c1-15(2)25(4,20-8-5-17(6-9-20)19-12-28-24(26)29-13-19)23(32)31-22-10-7-18(11-27-22)21-14-33-16(3)30-21/h5-15H,1-4H3,(H2,26,28,29)(H,27,31,32). The van der Waals surface area contributed by atoms with Gasteiger partial charge in [0.05, 0.1) is 16.1 Å². The molecule has 1 atom stereocenters. The Hall–Kier alpha value is -3.65. The minimum absolute atomic E-state index is 0.0560. The number of aromatic nitrogens is 4. The van der Waals surface area contributed by atoms with Gasteiger partial charge < -0.3 is 11.1 Å². The third-order valence-electron chi connectivity index (χ3n) is 6.04. The van der Waals surface area contributed by atoms with Crippen molar-refractivity contribution < 1.29 is 4.79 Å². The summed E-state index contributed by atoms with van der Waals surface area (Å²) in [6.07, 6.45) is 5.11. The summed E-state index contributed by atoms with van der Waals surface area (Å²) in [5.74, 6) is 0.701. The van der Waals surface area contributed by atoms with Crippen LogP contribution in [0.1, 0.15) is 31.3 Å². The third-order valence-corrected chi connectivity index (χ3v) is 6.81. The van der Waals surface area contributed by atoms with Crippen LogP contribution < -0.4 is 11.1 Å². The number of carbonyl (C=O) groups excluding carboxylic acids is 1. The predicted octanol–water partition coefficient (Wildman–Crippen LogP) is 5.11. The highest BCUT2D eigenvalue weighted by atomic mass is 32.1. The quantitative estimate of drug-likeness (QED) is 0.416. The number of nitrogens with one attached hydrogen (secondary N) is 1. The summed E-state index contributed by atoms with van der Waals surface area (Å²) in [7, 11) is 0. The van der Waals surface area contributed by atoms with E-state index in [2.05, 4.69) is 25.3 Å². The normalized spacial score (nSPS) is 13.0. The largest absolute Gasteiger partial charge is 0.368 e. The van der Waals surface area contributed by atoms with E-state index in [1.165, 1.54) is 0 Å². The molecule has 4 aromatic rings. The number of anilines is 2. The smallest absolute Gasteiger partial charge is 0.236 e. The molecule has 0 saturated carbocycles. The van der Waals surface area contributed by atoms with Crippen LogP contribution in [0.5, 0.6) is 0 Å². The number of amides is 1. The molecule has 0 spiro atoms. The van der Waals surface area contributed by atoms with Crippen LogP contribution in [0.25, 0.3) is 22.4 Å². The van der Waals surface area contributed by atoms with Crippen LogP contribution in [-0.2, 0) is 10.2 Å². The Kier molecular flexibility index (Phi) is 6.20. The van der Waals surface area contributed by atoms with Crippen LogP contribution in [0.3, 0.4) is 0 Å². The van der Waals surface area contributed by atoms with Crippen molar-refractivity contribution in [2.45, 2.75) is 33.1 Å². The van der Waals surface area contributed by atoms with Gasteiger partial charge in [0.25, 0.3) is 0 Å².